The van der Waals surface area contributed by atoms with E-state index in [9.17, 15) is 14.7 Å². The number of carbonyl (C=O) groups is 2. The number of hydrogen-bond acceptors (Lipinski definition) is 9. The van der Waals surface area contributed by atoms with Crippen molar-refractivity contribution in [3.8, 4) is 5.75 Å². The van der Waals surface area contributed by atoms with Crippen LogP contribution in [0.4, 0.5) is 5.13 Å². The lowest BCUT2D eigenvalue weighted by atomic mass is 9.96. The number of aliphatic hydroxyl groups is 1. The molecule has 230 valence electrons. The van der Waals surface area contributed by atoms with E-state index >= 15 is 0 Å². The van der Waals surface area contributed by atoms with Gasteiger partial charge in [-0.15, -0.1) is 10.2 Å². The Kier molecular flexibility index (Phi) is 9.14. The number of nitrogens with zero attached hydrogens (tertiary/aromatic N) is 5. The summed E-state index contributed by atoms with van der Waals surface area (Å²) in [6, 6.07) is 16.9. The average molecular weight is 681 g/mol. The highest BCUT2D eigenvalue weighted by molar-refractivity contribution is 8.00. The predicted molar refractivity (Wildman–Crippen MR) is 177 cm³/mol. The third-order valence-corrected chi connectivity index (χ3v) is 10.00. The summed E-state index contributed by atoms with van der Waals surface area (Å²) in [5.74, 6) is -0.804. The molecule has 6 rings (SSSR count). The maximum Gasteiger partial charge on any atom is 0.301 e. The second-order valence-corrected chi connectivity index (χ2v) is 13.3. The second-order valence-electron chi connectivity index (χ2n) is 10.3. The van der Waals surface area contributed by atoms with Gasteiger partial charge in [-0.05, 0) is 60.9 Å². The molecule has 1 aliphatic rings. The summed E-state index contributed by atoms with van der Waals surface area (Å²) >= 11 is 14.9. The van der Waals surface area contributed by atoms with Gasteiger partial charge < -0.3 is 9.84 Å². The number of anilines is 1. The number of halogens is 2. The Morgan fingerprint density at radius 2 is 1.89 bits per heavy atom. The molecule has 1 N–H and O–H groups in total. The standard InChI is InChI=1S/C32H27Cl2N5O4S2/c1-3-4-15-43-22-12-9-19(10-13-22)27-25(28(40)26-18(2)35-24-7-5-6-14-38(24)26)29(41)30(42)39(27)31-36-37-32(45-31)44-17-20-8-11-21(33)16-23(20)34/h5-14,16,27,40H,3-4,15,17H2,1-2H3/b28-25+. The molecular weight excluding hydrogens is 653 g/mol. The van der Waals surface area contributed by atoms with E-state index in [1.807, 2.05) is 12.1 Å². The zero-order valence-corrected chi connectivity index (χ0v) is 27.4. The van der Waals surface area contributed by atoms with E-state index in [1.165, 1.54) is 28.0 Å². The molecule has 1 unspecified atom stereocenters. The normalized spacial score (nSPS) is 16.2. The van der Waals surface area contributed by atoms with Gasteiger partial charge in [-0.2, -0.15) is 0 Å². The third-order valence-electron chi connectivity index (χ3n) is 7.30. The number of aromatic nitrogens is 4. The fourth-order valence-electron chi connectivity index (χ4n) is 5.09. The number of unbranched alkanes of at least 4 members (excludes halogenated alkanes) is 1. The van der Waals surface area contributed by atoms with E-state index in [0.717, 1.165) is 18.4 Å². The number of fused-ring (bicyclic) bond motifs is 1. The zero-order chi connectivity index (χ0) is 31.7. The number of Topliss-reactive ketones (excluding diaryl/α,β-unsaturated/α-hetero) is 1. The molecule has 0 saturated carbocycles. The molecule has 1 amide bonds. The summed E-state index contributed by atoms with van der Waals surface area (Å²) in [4.78, 5) is 33.3. The summed E-state index contributed by atoms with van der Waals surface area (Å²) in [5, 5.41) is 21.7. The van der Waals surface area contributed by atoms with Crippen molar-refractivity contribution in [2.75, 3.05) is 11.5 Å². The first kappa shape index (κ1) is 31.1. The van der Waals surface area contributed by atoms with Gasteiger partial charge in [0.2, 0.25) is 5.13 Å². The zero-order valence-electron chi connectivity index (χ0n) is 24.2. The number of ketones is 1. The molecule has 0 bridgehead atoms. The average Bonchev–Trinajstić information content (AvgIpc) is 3.70. The van der Waals surface area contributed by atoms with Crippen LogP contribution in [0.3, 0.4) is 0 Å². The molecule has 45 heavy (non-hydrogen) atoms. The highest BCUT2D eigenvalue weighted by atomic mass is 35.5. The van der Waals surface area contributed by atoms with Crippen LogP contribution in [0, 0.1) is 6.92 Å². The maximum atomic E-state index is 13.7. The quantitative estimate of drug-likeness (QED) is 0.0396. The Morgan fingerprint density at radius 1 is 1.09 bits per heavy atom. The Balaban J connectivity index is 1.40. The van der Waals surface area contributed by atoms with E-state index < -0.39 is 17.7 Å². The smallest absolute Gasteiger partial charge is 0.301 e. The number of thioether (sulfide) groups is 1. The van der Waals surface area contributed by atoms with Gasteiger partial charge in [0.1, 0.15) is 17.1 Å². The lowest BCUT2D eigenvalue weighted by Crippen LogP contribution is -2.29. The third kappa shape index (κ3) is 6.17. The summed E-state index contributed by atoms with van der Waals surface area (Å²) in [5.41, 5.74) is 2.85. The van der Waals surface area contributed by atoms with Crippen LogP contribution in [0.1, 0.15) is 48.3 Å². The Bertz CT molecular complexity index is 1940. The van der Waals surface area contributed by atoms with Crippen LogP contribution in [-0.2, 0) is 15.3 Å². The van der Waals surface area contributed by atoms with Crippen molar-refractivity contribution < 1.29 is 19.4 Å². The fraction of sp³-hybridized carbons (Fsp3) is 0.219. The monoisotopic (exact) mass is 679 g/mol. The molecule has 0 radical (unpaired) electrons. The molecule has 0 aliphatic carbocycles. The first-order valence-corrected chi connectivity index (χ1v) is 16.7. The summed E-state index contributed by atoms with van der Waals surface area (Å²) < 4.78 is 8.11. The van der Waals surface area contributed by atoms with E-state index in [1.54, 1.807) is 66.1 Å². The van der Waals surface area contributed by atoms with Crippen LogP contribution >= 0.6 is 46.3 Å². The topological polar surface area (TPSA) is 110 Å². The number of benzene rings is 2. The van der Waals surface area contributed by atoms with Crippen molar-refractivity contribution in [3.05, 3.63) is 105 Å². The number of aliphatic hydroxyl groups excluding tert-OH is 1. The molecule has 0 spiro atoms. The van der Waals surface area contributed by atoms with Gasteiger partial charge in [-0.1, -0.05) is 83.9 Å². The molecule has 1 atom stereocenters. The first-order valence-electron chi connectivity index (χ1n) is 14.1. The molecule has 1 fully saturated rings. The summed E-state index contributed by atoms with van der Waals surface area (Å²) in [6.45, 7) is 4.41. The van der Waals surface area contributed by atoms with Crippen molar-refractivity contribution in [3.63, 3.8) is 0 Å². The Morgan fingerprint density at radius 3 is 2.64 bits per heavy atom. The van der Waals surface area contributed by atoms with Crippen molar-refractivity contribution in [1.29, 1.82) is 0 Å². The van der Waals surface area contributed by atoms with Crippen molar-refractivity contribution >= 4 is 74.5 Å². The summed E-state index contributed by atoms with van der Waals surface area (Å²) in [7, 11) is 0. The van der Waals surface area contributed by atoms with Gasteiger partial charge in [0.25, 0.3) is 5.78 Å². The van der Waals surface area contributed by atoms with Gasteiger partial charge in [-0.25, -0.2) is 4.98 Å². The largest absolute Gasteiger partial charge is 0.505 e. The number of pyridine rings is 1. The van der Waals surface area contributed by atoms with Crippen LogP contribution < -0.4 is 9.64 Å². The van der Waals surface area contributed by atoms with E-state index in [2.05, 4.69) is 22.1 Å². The molecular formula is C32H27Cl2N5O4S2. The number of aryl methyl sites for hydroxylation is 1. The summed E-state index contributed by atoms with van der Waals surface area (Å²) in [6.07, 6.45) is 3.67. The minimum absolute atomic E-state index is 0.0641. The highest BCUT2D eigenvalue weighted by Crippen LogP contribution is 2.45. The fourth-order valence-corrected chi connectivity index (χ4v) is 7.51. The van der Waals surface area contributed by atoms with Crippen molar-refractivity contribution in [2.45, 2.75) is 42.8 Å². The van der Waals surface area contributed by atoms with Gasteiger partial charge in [0.05, 0.1) is 23.9 Å². The SMILES string of the molecule is CCCCOc1ccc(C2/C(=C(\O)c3c(C)nc4ccccn34)C(=O)C(=O)N2c2nnc(SCc3ccc(Cl)cc3Cl)s2)cc1. The van der Waals surface area contributed by atoms with Crippen LogP contribution in [0.25, 0.3) is 11.4 Å². The first-order chi connectivity index (χ1) is 21.8. The lowest BCUT2D eigenvalue weighted by molar-refractivity contribution is -0.132. The minimum Gasteiger partial charge on any atom is -0.505 e. The molecule has 4 heterocycles. The molecule has 13 heteroatoms. The van der Waals surface area contributed by atoms with Crippen LogP contribution in [0.5, 0.6) is 5.75 Å². The number of imidazole rings is 1. The van der Waals surface area contributed by atoms with Crippen molar-refractivity contribution in [1.82, 2.24) is 19.6 Å². The van der Waals surface area contributed by atoms with Crippen LogP contribution in [-0.4, -0.2) is 43.0 Å². The van der Waals surface area contributed by atoms with Crippen LogP contribution in [0.15, 0.2) is 76.8 Å². The second kappa shape index (κ2) is 13.2. The number of hydrogen-bond donors (Lipinski definition) is 1. The Hall–Kier alpha value is -3.90. The predicted octanol–water partition coefficient (Wildman–Crippen LogP) is 7.90. The van der Waals surface area contributed by atoms with Gasteiger partial charge in [-0.3, -0.25) is 18.9 Å². The maximum absolute atomic E-state index is 13.7. The van der Waals surface area contributed by atoms with Gasteiger partial charge in [0.15, 0.2) is 10.1 Å². The molecule has 5 aromatic rings. The number of rotatable bonds is 10. The molecule has 9 nitrogen and oxygen atoms in total. The van der Waals surface area contributed by atoms with E-state index in [0.29, 0.717) is 55.1 Å². The van der Waals surface area contributed by atoms with E-state index in [4.69, 9.17) is 27.9 Å². The van der Waals surface area contributed by atoms with E-state index in [-0.39, 0.29) is 16.5 Å². The van der Waals surface area contributed by atoms with Crippen molar-refractivity contribution in [2.24, 2.45) is 0 Å². The number of carbonyl (C=O) groups excluding carboxylic acids is 2. The molecule has 1 aliphatic heterocycles. The molecule has 2 aromatic carbocycles. The highest BCUT2D eigenvalue weighted by Gasteiger charge is 2.49. The molecule has 1 saturated heterocycles. The lowest BCUT2D eigenvalue weighted by Gasteiger charge is -2.22. The van der Waals surface area contributed by atoms with Crippen LogP contribution in [0.2, 0.25) is 10.0 Å². The van der Waals surface area contributed by atoms with Gasteiger partial charge >= 0.3 is 5.91 Å². The number of amides is 1. The Labute approximate surface area is 277 Å². The number of ether oxygens (including phenoxy) is 1. The minimum atomic E-state index is -0.972. The molecule has 3 aromatic heterocycles. The van der Waals surface area contributed by atoms with Gasteiger partial charge in [0, 0.05) is 22.0 Å².